The number of methoxy groups -OCH3 is 1. The first-order valence-electron chi connectivity index (χ1n) is 11.1. The SMILES string of the molecule is COc1ccc(C2CN(C(=O)c3csc(C)n3)CC2(C)C(C)O)cc1OC1CCCC1. The number of carbonyl (C=O) groups excluding carboxylic acids is 1. The van der Waals surface area contributed by atoms with Crippen LogP contribution in [0.15, 0.2) is 23.6 Å². The second-order valence-corrected chi connectivity index (χ2v) is 10.2. The normalized spacial score (nSPS) is 25.1. The van der Waals surface area contributed by atoms with Crippen molar-refractivity contribution in [2.45, 2.75) is 64.6 Å². The molecule has 1 aromatic heterocycles. The molecule has 2 heterocycles. The molecule has 0 radical (unpaired) electrons. The molecule has 1 aliphatic carbocycles. The van der Waals surface area contributed by atoms with Gasteiger partial charge in [0, 0.05) is 29.8 Å². The molecule has 7 heteroatoms. The van der Waals surface area contributed by atoms with Gasteiger partial charge in [0.1, 0.15) is 5.69 Å². The van der Waals surface area contributed by atoms with Crippen LogP contribution < -0.4 is 9.47 Å². The van der Waals surface area contributed by atoms with Crippen LogP contribution in [0, 0.1) is 12.3 Å². The molecule has 4 rings (SSSR count). The minimum absolute atomic E-state index is 0.0204. The van der Waals surface area contributed by atoms with E-state index in [1.54, 1.807) is 7.11 Å². The Bertz CT molecular complexity index is 937. The molecule has 1 saturated carbocycles. The summed E-state index contributed by atoms with van der Waals surface area (Å²) in [4.78, 5) is 19.3. The lowest BCUT2D eigenvalue weighted by Gasteiger charge is -2.34. The molecule has 1 amide bonds. The Morgan fingerprint density at radius 3 is 2.68 bits per heavy atom. The first kappa shape index (κ1) is 22.1. The molecule has 2 fully saturated rings. The van der Waals surface area contributed by atoms with E-state index in [4.69, 9.17) is 9.47 Å². The molecule has 3 atom stereocenters. The van der Waals surface area contributed by atoms with Gasteiger partial charge in [-0.05, 0) is 57.2 Å². The van der Waals surface area contributed by atoms with Gasteiger partial charge in [-0.3, -0.25) is 4.79 Å². The molecule has 2 aromatic rings. The molecular weight excluding hydrogens is 412 g/mol. The van der Waals surface area contributed by atoms with Crippen LogP contribution in [0.1, 0.15) is 66.5 Å². The van der Waals surface area contributed by atoms with E-state index in [2.05, 4.69) is 11.9 Å². The van der Waals surface area contributed by atoms with Crippen LogP contribution in [-0.2, 0) is 0 Å². The highest BCUT2D eigenvalue weighted by Crippen LogP contribution is 2.47. The molecule has 1 saturated heterocycles. The summed E-state index contributed by atoms with van der Waals surface area (Å²) < 4.78 is 11.8. The number of thiazole rings is 1. The average molecular weight is 445 g/mol. The Balaban J connectivity index is 1.63. The number of aryl methyl sites for hydroxylation is 1. The second-order valence-electron chi connectivity index (χ2n) is 9.11. The molecule has 3 unspecified atom stereocenters. The van der Waals surface area contributed by atoms with E-state index in [-0.39, 0.29) is 17.9 Å². The van der Waals surface area contributed by atoms with Crippen molar-refractivity contribution in [1.82, 2.24) is 9.88 Å². The van der Waals surface area contributed by atoms with Gasteiger partial charge in [0.05, 0.1) is 24.3 Å². The third-order valence-corrected chi connectivity index (χ3v) is 7.77. The summed E-state index contributed by atoms with van der Waals surface area (Å²) in [6, 6.07) is 6.02. The van der Waals surface area contributed by atoms with Gasteiger partial charge >= 0.3 is 0 Å². The summed E-state index contributed by atoms with van der Waals surface area (Å²) in [5.41, 5.74) is 1.07. The van der Waals surface area contributed by atoms with Crippen LogP contribution in [0.2, 0.25) is 0 Å². The number of aliphatic hydroxyl groups excluding tert-OH is 1. The van der Waals surface area contributed by atoms with E-state index in [0.717, 1.165) is 34.9 Å². The second kappa shape index (κ2) is 8.79. The zero-order valence-corrected chi connectivity index (χ0v) is 19.6. The van der Waals surface area contributed by atoms with Gasteiger partial charge in [0.2, 0.25) is 0 Å². The molecule has 0 bridgehead atoms. The Morgan fingerprint density at radius 2 is 2.06 bits per heavy atom. The van der Waals surface area contributed by atoms with Crippen molar-refractivity contribution in [1.29, 1.82) is 0 Å². The number of hydrogen-bond donors (Lipinski definition) is 1. The van der Waals surface area contributed by atoms with E-state index in [1.807, 2.05) is 42.3 Å². The molecule has 1 aliphatic heterocycles. The number of carbonyl (C=O) groups is 1. The number of aromatic nitrogens is 1. The maximum atomic E-state index is 13.1. The van der Waals surface area contributed by atoms with Crippen LogP contribution in [0.4, 0.5) is 0 Å². The van der Waals surface area contributed by atoms with Gasteiger partial charge in [-0.25, -0.2) is 4.98 Å². The highest BCUT2D eigenvalue weighted by Gasteiger charge is 2.48. The summed E-state index contributed by atoms with van der Waals surface area (Å²) in [5, 5.41) is 13.4. The number of benzene rings is 1. The number of nitrogens with zero attached hydrogens (tertiary/aromatic N) is 2. The first-order valence-corrected chi connectivity index (χ1v) is 11.9. The first-order chi connectivity index (χ1) is 14.8. The fraction of sp³-hybridized carbons (Fsp3) is 0.583. The lowest BCUT2D eigenvalue weighted by Crippen LogP contribution is -2.38. The summed E-state index contributed by atoms with van der Waals surface area (Å²) >= 11 is 1.48. The molecule has 168 valence electrons. The van der Waals surface area contributed by atoms with E-state index >= 15 is 0 Å². The van der Waals surface area contributed by atoms with Gasteiger partial charge < -0.3 is 19.5 Å². The van der Waals surface area contributed by atoms with Crippen LogP contribution in [0.3, 0.4) is 0 Å². The standard InChI is InChI=1S/C24H32N2O4S/c1-15(27)24(3)14-26(23(28)20-13-31-16(2)25-20)12-19(24)17-9-10-21(29-4)22(11-17)30-18-7-5-6-8-18/h9-11,13,15,18-19,27H,5-8,12,14H2,1-4H3. The van der Waals surface area contributed by atoms with Gasteiger partial charge in [-0.2, -0.15) is 0 Å². The minimum atomic E-state index is -0.575. The smallest absolute Gasteiger partial charge is 0.273 e. The van der Waals surface area contributed by atoms with Crippen molar-refractivity contribution in [2.75, 3.05) is 20.2 Å². The maximum Gasteiger partial charge on any atom is 0.273 e. The Kier molecular flexibility index (Phi) is 6.26. The van der Waals surface area contributed by atoms with Crippen molar-refractivity contribution in [3.63, 3.8) is 0 Å². The highest BCUT2D eigenvalue weighted by molar-refractivity contribution is 7.09. The predicted molar refractivity (Wildman–Crippen MR) is 121 cm³/mol. The van der Waals surface area contributed by atoms with Gasteiger partial charge in [-0.15, -0.1) is 11.3 Å². The number of ether oxygens (including phenoxy) is 2. The average Bonchev–Trinajstić information content (AvgIpc) is 3.48. The molecule has 2 aliphatic rings. The Morgan fingerprint density at radius 1 is 1.32 bits per heavy atom. The largest absolute Gasteiger partial charge is 0.493 e. The number of hydrogen-bond acceptors (Lipinski definition) is 6. The molecule has 6 nitrogen and oxygen atoms in total. The monoisotopic (exact) mass is 444 g/mol. The fourth-order valence-electron chi connectivity index (χ4n) is 4.89. The lowest BCUT2D eigenvalue weighted by molar-refractivity contribution is 0.0452. The Hall–Kier alpha value is -2.12. The minimum Gasteiger partial charge on any atom is -0.493 e. The lowest BCUT2D eigenvalue weighted by atomic mass is 9.72. The molecule has 0 spiro atoms. The van der Waals surface area contributed by atoms with Gasteiger partial charge in [0.25, 0.3) is 5.91 Å². The van der Waals surface area contributed by atoms with Crippen LogP contribution in [-0.4, -0.2) is 53.3 Å². The number of likely N-dealkylation sites (tertiary alicyclic amines) is 1. The Labute approximate surface area is 188 Å². The predicted octanol–water partition coefficient (Wildman–Crippen LogP) is 4.41. The summed E-state index contributed by atoms with van der Waals surface area (Å²) in [7, 11) is 1.66. The third kappa shape index (κ3) is 4.30. The van der Waals surface area contributed by atoms with Crippen molar-refractivity contribution in [2.24, 2.45) is 5.41 Å². The zero-order chi connectivity index (χ0) is 22.2. The van der Waals surface area contributed by atoms with Gasteiger partial charge in [0.15, 0.2) is 11.5 Å². The van der Waals surface area contributed by atoms with Gasteiger partial charge in [-0.1, -0.05) is 13.0 Å². The van der Waals surface area contributed by atoms with E-state index in [1.165, 1.54) is 24.2 Å². The van der Waals surface area contributed by atoms with Crippen molar-refractivity contribution < 1.29 is 19.4 Å². The molecule has 1 aromatic carbocycles. The summed E-state index contributed by atoms with van der Waals surface area (Å²) in [6.45, 7) is 6.79. The summed E-state index contributed by atoms with van der Waals surface area (Å²) in [5.74, 6) is 1.38. The quantitative estimate of drug-likeness (QED) is 0.715. The van der Waals surface area contributed by atoms with Crippen LogP contribution in [0.5, 0.6) is 11.5 Å². The van der Waals surface area contributed by atoms with E-state index in [9.17, 15) is 9.90 Å². The molecule has 31 heavy (non-hydrogen) atoms. The summed E-state index contributed by atoms with van der Waals surface area (Å²) in [6.07, 6.45) is 4.18. The van der Waals surface area contributed by atoms with E-state index < -0.39 is 11.5 Å². The highest BCUT2D eigenvalue weighted by atomic mass is 32.1. The number of amides is 1. The zero-order valence-electron chi connectivity index (χ0n) is 18.8. The van der Waals surface area contributed by atoms with Crippen LogP contribution in [0.25, 0.3) is 0 Å². The van der Waals surface area contributed by atoms with Crippen molar-refractivity contribution >= 4 is 17.2 Å². The van der Waals surface area contributed by atoms with Crippen LogP contribution >= 0.6 is 11.3 Å². The number of aliphatic hydroxyl groups is 1. The maximum absolute atomic E-state index is 13.1. The van der Waals surface area contributed by atoms with E-state index in [0.29, 0.717) is 18.8 Å². The molecule has 1 N–H and O–H groups in total. The number of rotatable bonds is 6. The topological polar surface area (TPSA) is 71.9 Å². The van der Waals surface area contributed by atoms with Crippen molar-refractivity contribution in [3.05, 3.63) is 39.8 Å². The van der Waals surface area contributed by atoms with Crippen molar-refractivity contribution in [3.8, 4) is 11.5 Å². The third-order valence-electron chi connectivity index (χ3n) is 7.00. The fourth-order valence-corrected chi connectivity index (χ4v) is 5.48. The molecular formula is C24H32N2O4S.